The number of hydrogen-bond donors (Lipinski definition) is 0. The molecule has 0 aliphatic carbocycles. The van der Waals surface area contributed by atoms with Crippen molar-refractivity contribution in [2.45, 2.75) is 0 Å². The van der Waals surface area contributed by atoms with Gasteiger partial charge in [-0.05, 0) is 35.4 Å². The van der Waals surface area contributed by atoms with Crippen molar-refractivity contribution in [1.29, 1.82) is 0 Å². The highest BCUT2D eigenvalue weighted by atomic mass is 31.1. The first-order valence-corrected chi connectivity index (χ1v) is 5.34. The molecular formula is C12H10OP+. The molecule has 68 valence electrons. The highest BCUT2D eigenvalue weighted by molar-refractivity contribution is 7.34. The van der Waals surface area contributed by atoms with Crippen molar-refractivity contribution in [3.05, 3.63) is 54.6 Å². The Kier molecular flexibility index (Phi) is 2.71. The Balaban J connectivity index is 2.39. The standard InChI is InChI=1S/C12H9OP/c13-14-12-8-6-11(7-9-12)10-4-2-1-3-5-10/h1-9H/p+1. The van der Waals surface area contributed by atoms with Crippen molar-refractivity contribution < 1.29 is 4.57 Å². The van der Waals surface area contributed by atoms with Gasteiger partial charge in [0.2, 0.25) is 0 Å². The maximum absolute atomic E-state index is 10.6. The van der Waals surface area contributed by atoms with E-state index in [2.05, 4.69) is 12.1 Å². The molecule has 0 saturated heterocycles. The maximum Gasteiger partial charge on any atom is 0.363 e. The molecule has 2 heteroatoms. The summed E-state index contributed by atoms with van der Waals surface area (Å²) in [6.07, 6.45) is 0. The molecule has 1 atom stereocenters. The molecule has 0 heterocycles. The summed E-state index contributed by atoms with van der Waals surface area (Å²) in [5.41, 5.74) is 2.35. The van der Waals surface area contributed by atoms with E-state index in [-0.39, 0.29) is 8.46 Å². The van der Waals surface area contributed by atoms with E-state index in [4.69, 9.17) is 0 Å². The van der Waals surface area contributed by atoms with Crippen LogP contribution in [-0.2, 0) is 4.57 Å². The zero-order valence-corrected chi connectivity index (χ0v) is 8.60. The van der Waals surface area contributed by atoms with E-state index in [0.717, 1.165) is 10.9 Å². The molecule has 1 unspecified atom stereocenters. The molecule has 0 saturated carbocycles. The molecule has 0 aliphatic heterocycles. The van der Waals surface area contributed by atoms with Gasteiger partial charge < -0.3 is 0 Å². The summed E-state index contributed by atoms with van der Waals surface area (Å²) in [5, 5.41) is 0.865. The summed E-state index contributed by atoms with van der Waals surface area (Å²) >= 11 is 0. The van der Waals surface area contributed by atoms with Crippen LogP contribution in [0.5, 0.6) is 0 Å². The van der Waals surface area contributed by atoms with Crippen LogP contribution in [0.1, 0.15) is 0 Å². The number of rotatable bonds is 2. The summed E-state index contributed by atoms with van der Waals surface area (Å²) in [4.78, 5) is 0. The van der Waals surface area contributed by atoms with Crippen LogP contribution in [0.3, 0.4) is 0 Å². The fourth-order valence-corrected chi connectivity index (χ4v) is 1.66. The Bertz CT molecular complexity index is 420. The van der Waals surface area contributed by atoms with Crippen molar-refractivity contribution in [1.82, 2.24) is 0 Å². The molecule has 0 radical (unpaired) electrons. The third-order valence-corrected chi connectivity index (χ3v) is 2.68. The van der Waals surface area contributed by atoms with Crippen LogP contribution in [0.4, 0.5) is 0 Å². The monoisotopic (exact) mass is 201 g/mol. The molecule has 0 N–H and O–H groups in total. The third-order valence-electron chi connectivity index (χ3n) is 2.11. The first-order valence-electron chi connectivity index (χ1n) is 4.44. The molecule has 0 bridgehead atoms. The fraction of sp³-hybridized carbons (Fsp3) is 0. The second-order valence-corrected chi connectivity index (χ2v) is 3.83. The van der Waals surface area contributed by atoms with E-state index >= 15 is 0 Å². The lowest BCUT2D eigenvalue weighted by atomic mass is 10.1. The second kappa shape index (κ2) is 4.17. The molecule has 2 aromatic rings. The summed E-state index contributed by atoms with van der Waals surface area (Å²) in [6.45, 7) is 0. The van der Waals surface area contributed by atoms with Gasteiger partial charge in [0.05, 0.1) is 0 Å². The molecule has 0 aromatic heterocycles. The lowest BCUT2D eigenvalue weighted by molar-refractivity contribution is 0.603. The molecule has 2 rings (SSSR count). The summed E-state index contributed by atoms with van der Waals surface area (Å²) in [7, 11) is -0.366. The molecule has 0 aliphatic rings. The summed E-state index contributed by atoms with van der Waals surface area (Å²) < 4.78 is 10.6. The van der Waals surface area contributed by atoms with Crippen LogP contribution in [0.15, 0.2) is 54.6 Å². The normalized spacial score (nSPS) is 10.3. The Morgan fingerprint density at radius 2 is 1.29 bits per heavy atom. The Morgan fingerprint density at radius 3 is 1.86 bits per heavy atom. The largest absolute Gasteiger partial charge is 0.363 e. The zero-order chi connectivity index (χ0) is 9.80. The molecule has 0 amide bonds. The highest BCUT2D eigenvalue weighted by Gasteiger charge is 2.00. The van der Waals surface area contributed by atoms with Gasteiger partial charge in [-0.25, -0.2) is 0 Å². The lowest BCUT2D eigenvalue weighted by Gasteiger charge is -1.98. The van der Waals surface area contributed by atoms with Gasteiger partial charge in [-0.2, -0.15) is 0 Å². The van der Waals surface area contributed by atoms with Gasteiger partial charge >= 0.3 is 8.46 Å². The van der Waals surface area contributed by atoms with Crippen LogP contribution in [0.25, 0.3) is 11.1 Å². The van der Waals surface area contributed by atoms with Crippen molar-refractivity contribution in [2.75, 3.05) is 0 Å². The van der Waals surface area contributed by atoms with Gasteiger partial charge in [0, 0.05) is 0 Å². The Hall–Kier alpha value is -1.46. The maximum atomic E-state index is 10.6. The molecule has 14 heavy (non-hydrogen) atoms. The molecule has 2 aromatic carbocycles. The molecule has 0 spiro atoms. The highest BCUT2D eigenvalue weighted by Crippen LogP contribution is 2.17. The predicted octanol–water partition coefficient (Wildman–Crippen LogP) is 3.00. The Labute approximate surface area is 84.6 Å². The average Bonchev–Trinajstić information content (AvgIpc) is 2.30. The van der Waals surface area contributed by atoms with Gasteiger partial charge in [-0.15, -0.1) is 0 Å². The van der Waals surface area contributed by atoms with Gasteiger partial charge in [0.15, 0.2) is 5.30 Å². The van der Waals surface area contributed by atoms with Crippen LogP contribution < -0.4 is 5.30 Å². The van der Waals surface area contributed by atoms with Crippen LogP contribution >= 0.6 is 8.46 Å². The minimum Gasteiger partial charge on any atom is -0.0707 e. The van der Waals surface area contributed by atoms with Crippen molar-refractivity contribution in [3.8, 4) is 11.1 Å². The minimum absolute atomic E-state index is 0.366. The quantitative estimate of drug-likeness (QED) is 0.682. The smallest absolute Gasteiger partial charge is 0.0707 e. The van der Waals surface area contributed by atoms with E-state index in [1.165, 1.54) is 5.56 Å². The van der Waals surface area contributed by atoms with E-state index < -0.39 is 0 Å². The first kappa shape index (κ1) is 9.11. The Morgan fingerprint density at radius 1 is 0.714 bits per heavy atom. The minimum atomic E-state index is -0.366. The van der Waals surface area contributed by atoms with Gasteiger partial charge in [0.1, 0.15) is 0 Å². The third kappa shape index (κ3) is 1.89. The molecular weight excluding hydrogens is 191 g/mol. The van der Waals surface area contributed by atoms with E-state index in [1.54, 1.807) is 0 Å². The SMILES string of the molecule is O=[PH+]c1ccc(-c2ccccc2)cc1. The average molecular weight is 201 g/mol. The summed E-state index contributed by atoms with van der Waals surface area (Å²) in [6, 6.07) is 17.9. The lowest BCUT2D eigenvalue weighted by Crippen LogP contribution is -1.88. The zero-order valence-electron chi connectivity index (χ0n) is 7.60. The van der Waals surface area contributed by atoms with Gasteiger partial charge in [-0.1, -0.05) is 34.9 Å². The second-order valence-electron chi connectivity index (χ2n) is 3.05. The topological polar surface area (TPSA) is 17.1 Å². The predicted molar refractivity (Wildman–Crippen MR) is 60.5 cm³/mol. The molecule has 0 fully saturated rings. The number of benzene rings is 2. The fourth-order valence-electron chi connectivity index (χ4n) is 1.36. The van der Waals surface area contributed by atoms with Crippen molar-refractivity contribution in [2.24, 2.45) is 0 Å². The summed E-state index contributed by atoms with van der Waals surface area (Å²) in [5.74, 6) is 0. The van der Waals surface area contributed by atoms with E-state index in [0.29, 0.717) is 0 Å². The van der Waals surface area contributed by atoms with Crippen LogP contribution in [0.2, 0.25) is 0 Å². The van der Waals surface area contributed by atoms with Crippen LogP contribution in [-0.4, -0.2) is 0 Å². The van der Waals surface area contributed by atoms with Crippen molar-refractivity contribution >= 4 is 13.8 Å². The molecule has 1 nitrogen and oxygen atoms in total. The van der Waals surface area contributed by atoms with E-state index in [1.807, 2.05) is 42.5 Å². The van der Waals surface area contributed by atoms with Gasteiger partial charge in [0.25, 0.3) is 0 Å². The first-order chi connectivity index (χ1) is 6.90. The number of hydrogen-bond acceptors (Lipinski definition) is 1. The van der Waals surface area contributed by atoms with Gasteiger partial charge in [-0.3, -0.25) is 0 Å². The van der Waals surface area contributed by atoms with Crippen molar-refractivity contribution in [3.63, 3.8) is 0 Å². The van der Waals surface area contributed by atoms with E-state index in [9.17, 15) is 4.57 Å². The van der Waals surface area contributed by atoms with Crippen LogP contribution in [0, 0.1) is 0 Å².